The van der Waals surface area contributed by atoms with Crippen LogP contribution in [0.2, 0.25) is 0 Å². The highest BCUT2D eigenvalue weighted by Gasteiger charge is 2.25. The molecule has 0 radical (unpaired) electrons. The Hall–Kier alpha value is -1.90. The second-order valence-electron chi connectivity index (χ2n) is 2.96. The number of amides is 2. The van der Waals surface area contributed by atoms with Crippen molar-refractivity contribution in [3.05, 3.63) is 48.2 Å². The molecule has 0 aliphatic carbocycles. The van der Waals surface area contributed by atoms with E-state index in [1.165, 1.54) is 12.2 Å². The van der Waals surface area contributed by atoms with Crippen molar-refractivity contribution in [2.24, 2.45) is 0 Å². The summed E-state index contributed by atoms with van der Waals surface area (Å²) in [5.41, 5.74) is 0.579. The van der Waals surface area contributed by atoms with Gasteiger partial charge in [0.15, 0.2) is 0 Å². The molecule has 0 aromatic rings. The molecule has 0 spiro atoms. The van der Waals surface area contributed by atoms with Crippen LogP contribution in [0.5, 0.6) is 0 Å². The minimum atomic E-state index is -0.297. The zero-order valence-electron chi connectivity index (χ0n) is 8.81. The molecule has 1 aliphatic heterocycles. The molecule has 2 amide bonds. The quantitative estimate of drug-likeness (QED) is 0.519. The van der Waals surface area contributed by atoms with Crippen LogP contribution in [0.4, 0.5) is 0 Å². The Morgan fingerprint density at radius 3 is 2.20 bits per heavy atom. The lowest BCUT2D eigenvalue weighted by Gasteiger charge is -2.14. The van der Waals surface area contributed by atoms with Crippen LogP contribution in [-0.2, 0) is 9.59 Å². The number of hydrogen-bond donors (Lipinski definition) is 0. The number of imide groups is 1. The summed E-state index contributed by atoms with van der Waals surface area (Å²) in [6.07, 6.45) is 11.4. The molecule has 0 atom stereocenters. The zero-order chi connectivity index (χ0) is 11.3. The first-order chi connectivity index (χ1) is 7.20. The normalized spacial score (nSPS) is 17.7. The number of carbonyl (C=O) groups is 2. The summed E-state index contributed by atoms with van der Waals surface area (Å²) in [7, 11) is 0. The van der Waals surface area contributed by atoms with E-state index in [-0.39, 0.29) is 11.8 Å². The van der Waals surface area contributed by atoms with E-state index in [0.717, 1.165) is 4.90 Å². The molecule has 0 unspecified atom stereocenters. The van der Waals surface area contributed by atoms with Gasteiger partial charge in [-0.1, -0.05) is 18.2 Å². The van der Waals surface area contributed by atoms with Gasteiger partial charge in [0.2, 0.25) is 0 Å². The zero-order valence-corrected chi connectivity index (χ0v) is 8.81. The third-order valence-corrected chi connectivity index (χ3v) is 1.86. The minimum absolute atomic E-state index is 0.297. The highest BCUT2D eigenvalue weighted by molar-refractivity contribution is 6.14. The maximum absolute atomic E-state index is 11.4. The second-order valence-corrected chi connectivity index (χ2v) is 2.96. The smallest absolute Gasteiger partial charge is 0.258 e. The van der Waals surface area contributed by atoms with E-state index in [0.29, 0.717) is 5.70 Å². The van der Waals surface area contributed by atoms with Crippen LogP contribution < -0.4 is 0 Å². The van der Waals surface area contributed by atoms with Gasteiger partial charge in [0.1, 0.15) is 0 Å². The van der Waals surface area contributed by atoms with Gasteiger partial charge < -0.3 is 0 Å². The first kappa shape index (κ1) is 11.2. The van der Waals surface area contributed by atoms with Crippen molar-refractivity contribution < 1.29 is 9.59 Å². The molecule has 15 heavy (non-hydrogen) atoms. The summed E-state index contributed by atoms with van der Waals surface area (Å²) in [4.78, 5) is 23.9. The fraction of sp³-hybridized carbons (Fsp3) is 0.167. The Labute approximate surface area is 89.1 Å². The summed E-state index contributed by atoms with van der Waals surface area (Å²) < 4.78 is 0. The Morgan fingerprint density at radius 1 is 1.13 bits per heavy atom. The molecule has 0 N–H and O–H groups in total. The molecule has 0 saturated heterocycles. The van der Waals surface area contributed by atoms with Crippen LogP contribution >= 0.6 is 0 Å². The van der Waals surface area contributed by atoms with E-state index >= 15 is 0 Å². The van der Waals surface area contributed by atoms with E-state index < -0.39 is 0 Å². The van der Waals surface area contributed by atoms with Crippen molar-refractivity contribution in [3.63, 3.8) is 0 Å². The summed E-state index contributed by atoms with van der Waals surface area (Å²) in [5, 5.41) is 0. The van der Waals surface area contributed by atoms with E-state index in [2.05, 4.69) is 0 Å². The molecular formula is C12H13NO2. The SMILES string of the molecule is C\C=C/C=C(\C=C/C)N1C(=O)C=CC1=O. The second kappa shape index (κ2) is 5.10. The van der Waals surface area contributed by atoms with Gasteiger partial charge in [0.05, 0.1) is 5.70 Å². The number of carbonyl (C=O) groups excluding carboxylic acids is 2. The first-order valence-corrected chi connectivity index (χ1v) is 4.72. The van der Waals surface area contributed by atoms with E-state index in [1.54, 1.807) is 24.3 Å². The highest BCUT2D eigenvalue weighted by Crippen LogP contribution is 2.13. The Kier molecular flexibility index (Phi) is 3.80. The molecule has 3 heteroatoms. The van der Waals surface area contributed by atoms with Crippen LogP contribution in [0.3, 0.4) is 0 Å². The Balaban J connectivity index is 3.00. The number of hydrogen-bond acceptors (Lipinski definition) is 2. The number of nitrogens with zero attached hydrogens (tertiary/aromatic N) is 1. The average molecular weight is 203 g/mol. The highest BCUT2D eigenvalue weighted by atomic mass is 16.2. The fourth-order valence-electron chi connectivity index (χ4n) is 1.22. The Morgan fingerprint density at radius 2 is 1.73 bits per heavy atom. The maximum atomic E-state index is 11.4. The summed E-state index contributed by atoms with van der Waals surface area (Å²) >= 11 is 0. The lowest BCUT2D eigenvalue weighted by molar-refractivity contribution is -0.134. The standard InChI is InChI=1S/C12H13NO2/c1-3-5-7-10(6-4-2)13-11(14)8-9-12(13)15/h3-9H,1-2H3/b5-3-,6-4-,10-7+. The van der Waals surface area contributed by atoms with Crippen molar-refractivity contribution in [3.8, 4) is 0 Å². The van der Waals surface area contributed by atoms with Gasteiger partial charge in [-0.05, 0) is 26.0 Å². The molecule has 78 valence electrons. The van der Waals surface area contributed by atoms with E-state index in [1.807, 2.05) is 19.9 Å². The van der Waals surface area contributed by atoms with Gasteiger partial charge >= 0.3 is 0 Å². The molecule has 0 fully saturated rings. The molecule has 3 nitrogen and oxygen atoms in total. The molecule has 1 heterocycles. The Bertz CT molecular complexity index is 368. The molecule has 1 rings (SSSR count). The molecule has 0 bridgehead atoms. The van der Waals surface area contributed by atoms with Gasteiger partial charge in [0.25, 0.3) is 11.8 Å². The number of rotatable bonds is 3. The largest absolute Gasteiger partial charge is 0.269 e. The molecule has 0 saturated carbocycles. The van der Waals surface area contributed by atoms with Gasteiger partial charge in [0, 0.05) is 12.2 Å². The molecular weight excluding hydrogens is 190 g/mol. The van der Waals surface area contributed by atoms with Gasteiger partial charge in [-0.3, -0.25) is 9.59 Å². The monoisotopic (exact) mass is 203 g/mol. The van der Waals surface area contributed by atoms with E-state index in [9.17, 15) is 9.59 Å². The van der Waals surface area contributed by atoms with Crippen molar-refractivity contribution >= 4 is 11.8 Å². The lowest BCUT2D eigenvalue weighted by Crippen LogP contribution is -2.28. The summed E-state index contributed by atoms with van der Waals surface area (Å²) in [6.45, 7) is 3.71. The van der Waals surface area contributed by atoms with Crippen LogP contribution in [0.25, 0.3) is 0 Å². The first-order valence-electron chi connectivity index (χ1n) is 4.72. The van der Waals surface area contributed by atoms with Gasteiger partial charge in [-0.2, -0.15) is 0 Å². The third kappa shape index (κ3) is 2.53. The minimum Gasteiger partial charge on any atom is -0.269 e. The van der Waals surface area contributed by atoms with Crippen LogP contribution in [-0.4, -0.2) is 16.7 Å². The van der Waals surface area contributed by atoms with E-state index in [4.69, 9.17) is 0 Å². The summed E-state index contributed by atoms with van der Waals surface area (Å²) in [5.74, 6) is -0.595. The predicted octanol–water partition coefficient (Wildman–Crippen LogP) is 1.95. The van der Waals surface area contributed by atoms with Crippen LogP contribution in [0.15, 0.2) is 48.2 Å². The molecule has 1 aliphatic rings. The van der Waals surface area contributed by atoms with Crippen molar-refractivity contribution in [2.75, 3.05) is 0 Å². The lowest BCUT2D eigenvalue weighted by atomic mass is 10.3. The molecule has 0 aromatic heterocycles. The fourth-order valence-corrected chi connectivity index (χ4v) is 1.22. The average Bonchev–Trinajstić information content (AvgIpc) is 2.54. The van der Waals surface area contributed by atoms with Crippen molar-refractivity contribution in [2.45, 2.75) is 13.8 Å². The van der Waals surface area contributed by atoms with Crippen molar-refractivity contribution in [1.29, 1.82) is 0 Å². The van der Waals surface area contributed by atoms with Crippen molar-refractivity contribution in [1.82, 2.24) is 4.90 Å². The van der Waals surface area contributed by atoms with Crippen LogP contribution in [0, 0.1) is 0 Å². The maximum Gasteiger partial charge on any atom is 0.258 e. The predicted molar refractivity (Wildman–Crippen MR) is 58.7 cm³/mol. The topological polar surface area (TPSA) is 37.4 Å². The molecule has 0 aromatic carbocycles. The van der Waals surface area contributed by atoms with Gasteiger partial charge in [-0.25, -0.2) is 4.90 Å². The number of allylic oxidation sites excluding steroid dienone is 5. The van der Waals surface area contributed by atoms with Crippen LogP contribution in [0.1, 0.15) is 13.8 Å². The third-order valence-electron chi connectivity index (χ3n) is 1.86. The summed E-state index contributed by atoms with van der Waals surface area (Å²) in [6, 6.07) is 0. The van der Waals surface area contributed by atoms with Gasteiger partial charge in [-0.15, -0.1) is 0 Å².